The van der Waals surface area contributed by atoms with E-state index in [2.05, 4.69) is 30.6 Å². The smallest absolute Gasteiger partial charge is 0.872 e. The van der Waals surface area contributed by atoms with Gasteiger partial charge in [-0.05, 0) is 137 Å². The van der Waals surface area contributed by atoms with Crippen molar-refractivity contribution >= 4 is 82.2 Å². The average Bonchev–Trinajstić information content (AvgIpc) is 0.916. The van der Waals surface area contributed by atoms with Gasteiger partial charge in [-0.3, -0.25) is 20.0 Å². The SMILES string of the molecule is CC(/C=C(\[O-])c1ccccc1)=Nc1ccccc1N=Cc1cccc(OC(=O)[C@H](Cc2ccccc2)NC(=O)OC(C)(C)C)c1[O-].CC(/C=C(\[O-])c1ccccc1)=Nc1ccccc1N=Cc1cccc(OC(=O)[C@H](Cc2ccccc2)NC(=O)OC(C)(C)C)c1[O-].O.O.O.O.[Ni+2].[Ni+2]. The number of esters is 2. The first kappa shape index (κ1) is 85.4. The molecule has 22 nitrogen and oxygen atoms in total. The van der Waals surface area contributed by atoms with Crippen molar-refractivity contribution in [1.82, 2.24) is 10.6 Å². The van der Waals surface area contributed by atoms with Crippen molar-refractivity contribution in [1.29, 1.82) is 0 Å². The molecule has 0 heterocycles. The van der Waals surface area contributed by atoms with Crippen LogP contribution in [0.1, 0.15) is 88.8 Å². The van der Waals surface area contributed by atoms with E-state index in [1.165, 1.54) is 36.7 Å². The maximum absolute atomic E-state index is 13.3. The number of amides is 2. The van der Waals surface area contributed by atoms with Crippen LogP contribution < -0.4 is 40.5 Å². The number of aliphatic imine (C=N–C) groups is 4. The second kappa shape index (κ2) is 41.4. The molecule has 2 atom stereocenters. The Morgan fingerprint density at radius 1 is 0.429 bits per heavy atom. The number of carbonyl (C=O) groups excluding carboxylic acids is 4. The zero-order chi connectivity index (χ0) is 66.2. The number of hydrogen-bond donors (Lipinski definition) is 2. The normalized spacial score (nSPS) is 12.1. The summed E-state index contributed by atoms with van der Waals surface area (Å²) in [6.07, 6.45) is 4.31. The van der Waals surface area contributed by atoms with Gasteiger partial charge in [0.25, 0.3) is 0 Å². The van der Waals surface area contributed by atoms with Gasteiger partial charge in [-0.25, -0.2) is 19.2 Å². The Bertz CT molecular complexity index is 3770. The van der Waals surface area contributed by atoms with Crippen LogP contribution in [-0.4, -0.2) is 93.2 Å². The topological polar surface area (TPSA) is 397 Å². The Hall–Kier alpha value is -10.6. The number of alkyl carbamates (subject to hydrolysis) is 2. The summed E-state index contributed by atoms with van der Waals surface area (Å²) in [7, 11) is 0. The third-order valence-corrected chi connectivity index (χ3v) is 12.8. The predicted octanol–water partition coefficient (Wildman–Crippen LogP) is 8.79. The number of benzene rings is 8. The number of nitrogens with zero attached hydrogens (tertiary/aromatic N) is 4. The average molecular weight is 1420 g/mol. The van der Waals surface area contributed by atoms with Gasteiger partial charge in [-0.2, -0.15) is 0 Å². The van der Waals surface area contributed by atoms with E-state index in [9.17, 15) is 39.6 Å². The predicted molar refractivity (Wildman–Crippen MR) is 366 cm³/mol. The third-order valence-electron chi connectivity index (χ3n) is 12.8. The molecule has 0 fully saturated rings. The fourth-order valence-corrected chi connectivity index (χ4v) is 8.58. The molecule has 0 saturated heterocycles. The van der Waals surface area contributed by atoms with E-state index in [1.54, 1.807) is 177 Å². The largest absolute Gasteiger partial charge is 2.00 e. The summed E-state index contributed by atoms with van der Waals surface area (Å²) in [5.74, 6) is -3.53. The van der Waals surface area contributed by atoms with Gasteiger partial charge in [-0.15, -0.1) is 0 Å². The minimum Gasteiger partial charge on any atom is -0.872 e. The van der Waals surface area contributed by atoms with Gasteiger partial charge in [0.1, 0.15) is 34.8 Å². The number of hydrogen-bond acceptors (Lipinski definition) is 16. The monoisotopic (exact) mass is 1420 g/mol. The van der Waals surface area contributed by atoms with Crippen LogP contribution in [0.15, 0.2) is 238 Å². The van der Waals surface area contributed by atoms with Crippen LogP contribution in [0.25, 0.3) is 11.5 Å². The second-order valence-corrected chi connectivity index (χ2v) is 22.7. The molecule has 0 spiro atoms. The van der Waals surface area contributed by atoms with Crippen molar-refractivity contribution in [2.45, 2.75) is 91.5 Å². The molecule has 520 valence electrons. The van der Waals surface area contributed by atoms with Crippen LogP contribution in [0.4, 0.5) is 32.3 Å². The summed E-state index contributed by atoms with van der Waals surface area (Å²) in [5.41, 5.74) is 4.37. The first-order chi connectivity index (χ1) is 44.0. The molecule has 8 rings (SSSR count). The molecule has 8 aromatic carbocycles. The first-order valence-electron chi connectivity index (χ1n) is 29.3. The van der Waals surface area contributed by atoms with E-state index >= 15 is 0 Å². The maximum atomic E-state index is 13.3. The molecular weight excluding hydrogens is 1350 g/mol. The molecule has 98 heavy (non-hydrogen) atoms. The van der Waals surface area contributed by atoms with Crippen LogP contribution in [0.5, 0.6) is 23.0 Å². The van der Waals surface area contributed by atoms with Crippen molar-refractivity contribution in [3.63, 3.8) is 0 Å². The van der Waals surface area contributed by atoms with E-state index in [0.29, 0.717) is 45.3 Å². The van der Waals surface area contributed by atoms with Crippen molar-refractivity contribution in [3.05, 3.63) is 252 Å². The summed E-state index contributed by atoms with van der Waals surface area (Å²) in [5, 5.41) is 56.8. The summed E-state index contributed by atoms with van der Waals surface area (Å²) >= 11 is 0. The van der Waals surface area contributed by atoms with E-state index in [1.807, 2.05) is 72.8 Å². The van der Waals surface area contributed by atoms with Gasteiger partial charge in [-0.1, -0.05) is 193 Å². The quantitative estimate of drug-likeness (QED) is 0.0238. The molecule has 0 aromatic heterocycles. The van der Waals surface area contributed by atoms with E-state index in [4.69, 9.17) is 18.9 Å². The van der Waals surface area contributed by atoms with Crippen molar-refractivity contribution in [2.75, 3.05) is 0 Å². The molecule has 2 amide bonds. The molecule has 0 aliphatic carbocycles. The Kier molecular flexibility index (Phi) is 36.1. The van der Waals surface area contributed by atoms with E-state index in [-0.39, 0.29) is 102 Å². The first-order valence-corrected chi connectivity index (χ1v) is 29.3. The fourth-order valence-electron chi connectivity index (χ4n) is 8.58. The van der Waals surface area contributed by atoms with Crippen molar-refractivity contribution in [3.8, 4) is 23.0 Å². The van der Waals surface area contributed by atoms with Crippen molar-refractivity contribution in [2.24, 2.45) is 20.0 Å². The Balaban J connectivity index is 0.000000923. The van der Waals surface area contributed by atoms with E-state index in [0.717, 1.165) is 11.1 Å². The standard InChI is InChI=1S/2C37H37N3O6.2Ni.4H2O/c2*1-25(22-32(41)27-16-9-6-10-17-27)39-30-20-12-11-19-29(30)38-24-28-18-13-21-33(34(28)42)45-35(43)31(23-26-14-7-5-8-15-26)40-36(44)46-37(2,3)4;;;;;;/h2*5-22,24,31,41-42H,23H2,1-4H3,(H,40,44);;;4*1H2/q;;2*+2;;;;/p-4/b2*32-22-,38-24?,39-25?;;;;;;/t2*31-;;;;;;/m00....../s1. The zero-order valence-electron chi connectivity index (χ0n) is 54.8. The summed E-state index contributed by atoms with van der Waals surface area (Å²) in [4.78, 5) is 69.6. The number of para-hydroxylation sites is 6. The third kappa shape index (κ3) is 28.0. The second-order valence-electron chi connectivity index (χ2n) is 22.7. The number of allylic oxidation sites excluding steroid dienone is 2. The number of carbonyl (C=O) groups is 4. The Morgan fingerprint density at radius 3 is 1.04 bits per heavy atom. The van der Waals surface area contributed by atoms with Gasteiger partial charge in [0.05, 0.1) is 22.7 Å². The molecule has 0 aliphatic rings. The molecular formula is C74H78N6Ni2O16. The summed E-state index contributed by atoms with van der Waals surface area (Å²) in [6, 6.07) is 56.8. The fraction of sp³-hybridized carbons (Fsp3) is 0.189. The Morgan fingerprint density at radius 2 is 0.724 bits per heavy atom. The maximum Gasteiger partial charge on any atom is 2.00 e. The van der Waals surface area contributed by atoms with Gasteiger partial charge in [0.15, 0.2) is 0 Å². The van der Waals surface area contributed by atoms with Gasteiger partial charge < -0.3 is 71.9 Å². The minimum atomic E-state index is -1.12. The van der Waals surface area contributed by atoms with Gasteiger partial charge in [0, 0.05) is 36.7 Å². The molecule has 0 saturated carbocycles. The number of nitrogens with one attached hydrogen (secondary N) is 2. The molecule has 10 N–H and O–H groups in total. The summed E-state index contributed by atoms with van der Waals surface area (Å²) < 4.78 is 21.7. The number of rotatable bonds is 20. The Labute approximate surface area is 589 Å². The molecule has 0 unspecified atom stereocenters. The number of ether oxygens (including phenoxy) is 4. The van der Waals surface area contributed by atoms with Gasteiger partial charge in [0.2, 0.25) is 0 Å². The van der Waals surface area contributed by atoms with Crippen LogP contribution in [0.2, 0.25) is 0 Å². The van der Waals surface area contributed by atoms with Crippen LogP contribution in [-0.2, 0) is 64.9 Å². The van der Waals surface area contributed by atoms with Crippen LogP contribution >= 0.6 is 0 Å². The van der Waals surface area contributed by atoms with E-state index < -0.39 is 58.9 Å². The molecule has 0 bridgehead atoms. The molecule has 8 aromatic rings. The summed E-state index contributed by atoms with van der Waals surface area (Å²) in [6.45, 7) is 13.7. The molecule has 24 heteroatoms. The molecule has 0 aliphatic heterocycles. The van der Waals surface area contributed by atoms with Crippen LogP contribution in [0.3, 0.4) is 0 Å². The minimum absolute atomic E-state index is 0. The van der Waals surface area contributed by atoms with Crippen LogP contribution in [0, 0.1) is 0 Å². The zero-order valence-corrected chi connectivity index (χ0v) is 56.8. The molecule has 0 radical (unpaired) electrons. The van der Waals surface area contributed by atoms with Gasteiger partial charge >= 0.3 is 57.1 Å². The van der Waals surface area contributed by atoms with Crippen molar-refractivity contribution < 1.29 is 113 Å².